The van der Waals surface area contributed by atoms with Gasteiger partial charge in [0, 0.05) is 0 Å². The van der Waals surface area contributed by atoms with Crippen LogP contribution in [0.1, 0.15) is 45.2 Å². The molecule has 0 aliphatic heterocycles. The maximum absolute atomic E-state index is 12.5. The van der Waals surface area contributed by atoms with Gasteiger partial charge < -0.3 is 10.4 Å². The average molecular weight is 291 g/mol. The smallest absolute Gasteiger partial charge is 0.326 e. The highest BCUT2D eigenvalue weighted by Gasteiger charge is 2.34. The highest BCUT2D eigenvalue weighted by atomic mass is 16.4. The molecular formula is C17H25NO3. The van der Waals surface area contributed by atoms with Crippen molar-refractivity contribution in [2.24, 2.45) is 5.92 Å². The summed E-state index contributed by atoms with van der Waals surface area (Å²) >= 11 is 0. The van der Waals surface area contributed by atoms with Crippen LogP contribution >= 0.6 is 0 Å². The molecule has 0 saturated carbocycles. The molecule has 0 fully saturated rings. The fourth-order valence-corrected chi connectivity index (χ4v) is 2.17. The Bertz CT molecular complexity index is 523. The van der Waals surface area contributed by atoms with Gasteiger partial charge in [-0.15, -0.1) is 0 Å². The molecule has 0 saturated heterocycles. The van der Waals surface area contributed by atoms with Crippen LogP contribution in [0.25, 0.3) is 0 Å². The molecule has 2 N–H and O–H groups in total. The molecule has 1 amide bonds. The molecule has 2 unspecified atom stereocenters. The minimum Gasteiger partial charge on any atom is -0.480 e. The van der Waals surface area contributed by atoms with E-state index in [2.05, 4.69) is 5.32 Å². The average Bonchev–Trinajstić information content (AvgIpc) is 2.43. The van der Waals surface area contributed by atoms with Gasteiger partial charge in [-0.2, -0.15) is 0 Å². The number of carbonyl (C=O) groups excluding carboxylic acids is 1. The van der Waals surface area contributed by atoms with Gasteiger partial charge in [-0.05, 0) is 32.3 Å². The Kier molecular flexibility index (Phi) is 5.53. The minimum absolute atomic E-state index is 0.111. The minimum atomic E-state index is -0.988. The number of amides is 1. The van der Waals surface area contributed by atoms with Crippen molar-refractivity contribution in [1.29, 1.82) is 0 Å². The van der Waals surface area contributed by atoms with Gasteiger partial charge in [0.05, 0.1) is 5.41 Å². The van der Waals surface area contributed by atoms with Crippen LogP contribution in [0.15, 0.2) is 24.3 Å². The van der Waals surface area contributed by atoms with Crippen LogP contribution in [0.3, 0.4) is 0 Å². The fraction of sp³-hybridized carbons (Fsp3) is 0.529. The third-order valence-corrected chi connectivity index (χ3v) is 4.07. The Morgan fingerprint density at radius 2 is 1.95 bits per heavy atom. The van der Waals surface area contributed by atoms with E-state index in [0.29, 0.717) is 6.42 Å². The fourth-order valence-electron chi connectivity index (χ4n) is 2.17. The quantitative estimate of drug-likeness (QED) is 0.847. The molecule has 0 bridgehead atoms. The van der Waals surface area contributed by atoms with Gasteiger partial charge in [-0.1, -0.05) is 50.1 Å². The van der Waals surface area contributed by atoms with Crippen LogP contribution in [0, 0.1) is 12.8 Å². The number of aliphatic carboxylic acids is 1. The molecule has 4 nitrogen and oxygen atoms in total. The van der Waals surface area contributed by atoms with Crippen LogP contribution in [-0.2, 0) is 15.0 Å². The van der Waals surface area contributed by atoms with Gasteiger partial charge in [0.15, 0.2) is 0 Å². The van der Waals surface area contributed by atoms with Crippen LogP contribution < -0.4 is 5.32 Å². The normalized spacial score (nSPS) is 14.3. The Balaban J connectivity index is 2.98. The van der Waals surface area contributed by atoms with E-state index in [1.165, 1.54) is 0 Å². The predicted octanol–water partition coefficient (Wildman–Crippen LogP) is 2.89. The Morgan fingerprint density at radius 3 is 2.43 bits per heavy atom. The van der Waals surface area contributed by atoms with Gasteiger partial charge in [-0.3, -0.25) is 4.79 Å². The van der Waals surface area contributed by atoms with Crippen molar-refractivity contribution in [1.82, 2.24) is 5.32 Å². The highest BCUT2D eigenvalue weighted by Crippen LogP contribution is 2.25. The van der Waals surface area contributed by atoms with Crippen molar-refractivity contribution < 1.29 is 14.7 Å². The van der Waals surface area contributed by atoms with E-state index in [9.17, 15) is 14.7 Å². The van der Waals surface area contributed by atoms with Gasteiger partial charge in [0.1, 0.15) is 6.04 Å². The van der Waals surface area contributed by atoms with E-state index >= 15 is 0 Å². The Hall–Kier alpha value is -1.84. The topological polar surface area (TPSA) is 66.4 Å². The van der Waals surface area contributed by atoms with Crippen molar-refractivity contribution in [2.45, 2.75) is 52.5 Å². The van der Waals surface area contributed by atoms with E-state index in [1.807, 2.05) is 58.9 Å². The van der Waals surface area contributed by atoms with Gasteiger partial charge in [0.25, 0.3) is 0 Å². The Morgan fingerprint density at radius 1 is 1.33 bits per heavy atom. The first kappa shape index (κ1) is 17.2. The molecule has 1 rings (SSSR count). The molecular weight excluding hydrogens is 266 g/mol. The lowest BCUT2D eigenvalue weighted by atomic mass is 9.82. The molecule has 1 aromatic carbocycles. The summed E-state index contributed by atoms with van der Waals surface area (Å²) in [6.45, 7) is 9.34. The van der Waals surface area contributed by atoms with E-state index < -0.39 is 17.4 Å². The number of carbonyl (C=O) groups is 2. The molecule has 21 heavy (non-hydrogen) atoms. The lowest BCUT2D eigenvalue weighted by Gasteiger charge is -2.28. The molecule has 4 heteroatoms. The molecule has 0 radical (unpaired) electrons. The third-order valence-electron chi connectivity index (χ3n) is 4.07. The highest BCUT2D eigenvalue weighted by molar-refractivity contribution is 5.91. The summed E-state index contributed by atoms with van der Waals surface area (Å²) < 4.78 is 0. The first-order valence-electron chi connectivity index (χ1n) is 7.31. The summed E-state index contributed by atoms with van der Waals surface area (Å²) in [5.41, 5.74) is 1.19. The zero-order valence-electron chi connectivity index (χ0n) is 13.4. The zero-order chi connectivity index (χ0) is 16.2. The predicted molar refractivity (Wildman–Crippen MR) is 83.2 cm³/mol. The van der Waals surface area contributed by atoms with Crippen LogP contribution in [-0.4, -0.2) is 23.0 Å². The summed E-state index contributed by atoms with van der Waals surface area (Å²) in [5, 5.41) is 12.0. The second-order valence-electron chi connectivity index (χ2n) is 6.17. The maximum atomic E-state index is 12.5. The molecule has 0 aromatic heterocycles. The number of hydrogen-bond acceptors (Lipinski definition) is 2. The lowest BCUT2D eigenvalue weighted by molar-refractivity contribution is -0.144. The molecule has 0 aliphatic carbocycles. The number of benzene rings is 1. The lowest BCUT2D eigenvalue weighted by Crippen LogP contribution is -2.50. The summed E-state index contributed by atoms with van der Waals surface area (Å²) in [7, 11) is 0. The molecule has 2 atom stereocenters. The third kappa shape index (κ3) is 4.06. The Labute approximate surface area is 126 Å². The van der Waals surface area contributed by atoms with Crippen molar-refractivity contribution in [2.75, 3.05) is 0 Å². The van der Waals surface area contributed by atoms with E-state index in [4.69, 9.17) is 0 Å². The van der Waals surface area contributed by atoms with Crippen molar-refractivity contribution in [3.63, 3.8) is 0 Å². The number of nitrogens with one attached hydrogen (secondary N) is 1. The van der Waals surface area contributed by atoms with Crippen LogP contribution in [0.4, 0.5) is 0 Å². The molecule has 0 aliphatic rings. The van der Waals surface area contributed by atoms with Crippen molar-refractivity contribution >= 4 is 11.9 Å². The first-order chi connectivity index (χ1) is 9.70. The number of carboxylic acids is 1. The largest absolute Gasteiger partial charge is 0.480 e. The molecule has 0 spiro atoms. The number of hydrogen-bond donors (Lipinski definition) is 2. The summed E-state index contributed by atoms with van der Waals surface area (Å²) in [4.78, 5) is 23.9. The summed E-state index contributed by atoms with van der Waals surface area (Å²) in [6.07, 6.45) is 0.697. The zero-order valence-corrected chi connectivity index (χ0v) is 13.4. The molecule has 1 aromatic rings. The molecule has 0 heterocycles. The van der Waals surface area contributed by atoms with Gasteiger partial charge >= 0.3 is 5.97 Å². The van der Waals surface area contributed by atoms with Crippen LogP contribution in [0.5, 0.6) is 0 Å². The SMILES string of the molecule is CCC(C)C(NC(=O)C(C)(C)c1cccc(C)c1)C(=O)O. The monoisotopic (exact) mass is 291 g/mol. The van der Waals surface area contributed by atoms with Crippen molar-refractivity contribution in [3.8, 4) is 0 Å². The second-order valence-corrected chi connectivity index (χ2v) is 6.17. The van der Waals surface area contributed by atoms with E-state index in [1.54, 1.807) is 0 Å². The number of aryl methyl sites for hydroxylation is 1. The van der Waals surface area contributed by atoms with Crippen LogP contribution in [0.2, 0.25) is 0 Å². The molecule has 116 valence electrons. The van der Waals surface area contributed by atoms with E-state index in [0.717, 1.165) is 11.1 Å². The number of carboxylic acid groups (broad SMARTS) is 1. The second kappa shape index (κ2) is 6.74. The standard InChI is InChI=1S/C17H25NO3/c1-6-12(3)14(15(19)20)18-16(21)17(4,5)13-9-7-8-11(2)10-13/h7-10,12,14H,6H2,1-5H3,(H,18,21)(H,19,20). The number of rotatable bonds is 6. The summed E-state index contributed by atoms with van der Waals surface area (Å²) in [6, 6.07) is 6.87. The van der Waals surface area contributed by atoms with Crippen molar-refractivity contribution in [3.05, 3.63) is 35.4 Å². The van der Waals surface area contributed by atoms with E-state index in [-0.39, 0.29) is 11.8 Å². The van der Waals surface area contributed by atoms with Gasteiger partial charge in [-0.25, -0.2) is 4.79 Å². The van der Waals surface area contributed by atoms with Gasteiger partial charge in [0.2, 0.25) is 5.91 Å². The maximum Gasteiger partial charge on any atom is 0.326 e. The first-order valence-corrected chi connectivity index (χ1v) is 7.31. The summed E-state index contributed by atoms with van der Waals surface area (Å²) in [5.74, 6) is -1.36.